The Morgan fingerprint density at radius 1 is 1.14 bits per heavy atom. The summed E-state index contributed by atoms with van der Waals surface area (Å²) in [6.07, 6.45) is -4.61. The van der Waals surface area contributed by atoms with Crippen molar-refractivity contribution in [1.29, 1.82) is 0 Å². The summed E-state index contributed by atoms with van der Waals surface area (Å²) < 4.78 is 44.6. The van der Waals surface area contributed by atoms with Crippen LogP contribution in [0.25, 0.3) is 5.69 Å². The standard InChI is InChI=1S/C19H15F3N4O3/c1-11-9-17(19(20,21)22)24-26(11)16-8-5-13(10-15(16)25-28)23-18(27)12-3-6-14(29-2)7-4-12/h3-10H,1-2H3,(H,23,27). The number of hydrogen-bond acceptors (Lipinski definition) is 5. The normalized spacial score (nSPS) is 11.2. The van der Waals surface area contributed by atoms with Crippen LogP contribution in [-0.4, -0.2) is 22.8 Å². The third-order valence-corrected chi connectivity index (χ3v) is 4.09. The van der Waals surface area contributed by atoms with Gasteiger partial charge < -0.3 is 10.1 Å². The Balaban J connectivity index is 1.88. The number of anilines is 1. The fourth-order valence-electron chi connectivity index (χ4n) is 2.66. The van der Waals surface area contributed by atoms with Crippen molar-refractivity contribution in [1.82, 2.24) is 9.78 Å². The van der Waals surface area contributed by atoms with E-state index in [4.69, 9.17) is 4.74 Å². The van der Waals surface area contributed by atoms with Crippen molar-refractivity contribution in [2.24, 2.45) is 5.18 Å². The second-order valence-electron chi connectivity index (χ2n) is 6.06. The van der Waals surface area contributed by atoms with E-state index in [2.05, 4.69) is 15.6 Å². The molecule has 0 radical (unpaired) electrons. The lowest BCUT2D eigenvalue weighted by molar-refractivity contribution is -0.141. The third kappa shape index (κ3) is 4.26. The molecule has 1 amide bonds. The number of aryl methyl sites for hydroxylation is 1. The van der Waals surface area contributed by atoms with Crippen LogP contribution in [0.5, 0.6) is 5.75 Å². The van der Waals surface area contributed by atoms with Crippen molar-refractivity contribution in [3.63, 3.8) is 0 Å². The molecule has 2 aromatic carbocycles. The second kappa shape index (κ2) is 7.74. The number of ether oxygens (including phenoxy) is 1. The number of hydrogen-bond donors (Lipinski definition) is 1. The molecule has 1 heterocycles. The van der Waals surface area contributed by atoms with Gasteiger partial charge in [0.15, 0.2) is 5.69 Å². The zero-order valence-electron chi connectivity index (χ0n) is 15.3. The van der Waals surface area contributed by atoms with Crippen molar-refractivity contribution in [3.8, 4) is 11.4 Å². The van der Waals surface area contributed by atoms with E-state index < -0.39 is 17.8 Å². The number of halogens is 3. The third-order valence-electron chi connectivity index (χ3n) is 4.09. The molecule has 150 valence electrons. The number of methoxy groups -OCH3 is 1. The number of nitrogens with zero attached hydrogens (tertiary/aromatic N) is 3. The Morgan fingerprint density at radius 2 is 1.83 bits per heavy atom. The van der Waals surface area contributed by atoms with Crippen LogP contribution >= 0.6 is 0 Å². The predicted molar refractivity (Wildman–Crippen MR) is 99.7 cm³/mol. The molecule has 1 N–H and O–H groups in total. The van der Waals surface area contributed by atoms with Crippen molar-refractivity contribution < 1.29 is 22.7 Å². The van der Waals surface area contributed by atoms with Gasteiger partial charge in [0.25, 0.3) is 5.91 Å². The van der Waals surface area contributed by atoms with Crippen LogP contribution in [0.2, 0.25) is 0 Å². The zero-order chi connectivity index (χ0) is 21.2. The van der Waals surface area contributed by atoms with Crippen molar-refractivity contribution >= 4 is 17.3 Å². The summed E-state index contributed by atoms with van der Waals surface area (Å²) in [5.41, 5.74) is -0.396. The number of rotatable bonds is 5. The minimum absolute atomic E-state index is 0.0652. The van der Waals surface area contributed by atoms with E-state index >= 15 is 0 Å². The molecule has 7 nitrogen and oxygen atoms in total. The van der Waals surface area contributed by atoms with Gasteiger partial charge in [-0.05, 0) is 60.6 Å². The Labute approximate surface area is 163 Å². The van der Waals surface area contributed by atoms with Gasteiger partial charge in [-0.25, -0.2) is 4.68 Å². The average Bonchev–Trinajstić information content (AvgIpc) is 3.10. The summed E-state index contributed by atoms with van der Waals surface area (Å²) in [5.74, 6) is 0.151. The van der Waals surface area contributed by atoms with Gasteiger partial charge in [-0.2, -0.15) is 18.3 Å². The van der Waals surface area contributed by atoms with E-state index in [0.717, 1.165) is 10.7 Å². The Morgan fingerprint density at radius 3 is 2.38 bits per heavy atom. The highest BCUT2D eigenvalue weighted by atomic mass is 19.4. The van der Waals surface area contributed by atoms with Crippen LogP contribution in [0, 0.1) is 11.8 Å². The largest absolute Gasteiger partial charge is 0.497 e. The van der Waals surface area contributed by atoms with Crippen molar-refractivity contribution in [2.45, 2.75) is 13.1 Å². The fourth-order valence-corrected chi connectivity index (χ4v) is 2.66. The van der Waals surface area contributed by atoms with Gasteiger partial charge in [0.2, 0.25) is 0 Å². The summed E-state index contributed by atoms with van der Waals surface area (Å²) in [6, 6.07) is 11.3. The van der Waals surface area contributed by atoms with E-state index in [1.54, 1.807) is 24.3 Å². The number of benzene rings is 2. The topological polar surface area (TPSA) is 85.6 Å². The molecule has 0 aliphatic heterocycles. The van der Waals surface area contributed by atoms with Gasteiger partial charge in [-0.15, -0.1) is 4.91 Å². The van der Waals surface area contributed by atoms with E-state index in [-0.39, 0.29) is 22.8 Å². The first-order valence-corrected chi connectivity index (χ1v) is 8.30. The van der Waals surface area contributed by atoms with Crippen molar-refractivity contribution in [3.05, 3.63) is 70.4 Å². The molecule has 0 unspecified atom stereocenters. The minimum Gasteiger partial charge on any atom is -0.497 e. The summed E-state index contributed by atoms with van der Waals surface area (Å²) in [7, 11) is 1.50. The molecular formula is C19H15F3N4O3. The summed E-state index contributed by atoms with van der Waals surface area (Å²) in [4.78, 5) is 23.6. The van der Waals surface area contributed by atoms with Gasteiger partial charge >= 0.3 is 6.18 Å². The zero-order valence-corrected chi connectivity index (χ0v) is 15.3. The first-order valence-electron chi connectivity index (χ1n) is 8.30. The van der Waals surface area contributed by atoms with Crippen LogP contribution in [0.4, 0.5) is 24.5 Å². The number of nitroso groups, excluding NO2 is 1. The lowest BCUT2D eigenvalue weighted by Crippen LogP contribution is -2.12. The molecule has 3 rings (SSSR count). The van der Waals surface area contributed by atoms with Crippen LogP contribution in [0.3, 0.4) is 0 Å². The van der Waals surface area contributed by atoms with Crippen LogP contribution in [-0.2, 0) is 6.18 Å². The predicted octanol–water partition coefficient (Wildman–Crippen LogP) is 4.86. The molecule has 0 saturated heterocycles. The molecule has 0 saturated carbocycles. The second-order valence-corrected chi connectivity index (χ2v) is 6.06. The molecule has 10 heteroatoms. The van der Waals surface area contributed by atoms with Gasteiger partial charge in [0.05, 0.1) is 12.8 Å². The highest BCUT2D eigenvalue weighted by Gasteiger charge is 2.34. The summed E-state index contributed by atoms with van der Waals surface area (Å²) in [6.45, 7) is 1.43. The van der Waals surface area contributed by atoms with E-state index in [9.17, 15) is 22.9 Å². The molecule has 29 heavy (non-hydrogen) atoms. The van der Waals surface area contributed by atoms with E-state index in [0.29, 0.717) is 11.3 Å². The Kier molecular flexibility index (Phi) is 5.35. The number of carbonyl (C=O) groups excluding carboxylic acids is 1. The van der Waals surface area contributed by atoms with Crippen LogP contribution in [0.1, 0.15) is 21.7 Å². The molecule has 0 atom stereocenters. The molecular weight excluding hydrogens is 389 g/mol. The Hall–Kier alpha value is -3.69. The number of nitrogens with one attached hydrogen (secondary N) is 1. The molecule has 0 aliphatic carbocycles. The molecule has 3 aromatic rings. The van der Waals surface area contributed by atoms with Gasteiger partial charge in [-0.3, -0.25) is 4.79 Å². The summed E-state index contributed by atoms with van der Waals surface area (Å²) >= 11 is 0. The first kappa shape index (κ1) is 20.1. The molecule has 0 aliphatic rings. The minimum atomic E-state index is -4.61. The SMILES string of the molecule is COc1ccc(C(=O)Nc2ccc(-n3nc(C(F)(F)F)cc3C)c(N=O)c2)cc1. The fraction of sp³-hybridized carbons (Fsp3) is 0.158. The molecule has 0 fully saturated rings. The molecule has 1 aromatic heterocycles. The number of amides is 1. The van der Waals surface area contributed by atoms with Crippen LogP contribution < -0.4 is 10.1 Å². The average molecular weight is 404 g/mol. The highest BCUT2D eigenvalue weighted by Crippen LogP contribution is 2.32. The number of alkyl halides is 3. The van der Waals surface area contributed by atoms with Crippen LogP contribution in [0.15, 0.2) is 53.7 Å². The Bertz CT molecular complexity index is 1060. The number of carbonyl (C=O) groups is 1. The lowest BCUT2D eigenvalue weighted by atomic mass is 10.2. The number of aromatic nitrogens is 2. The lowest BCUT2D eigenvalue weighted by Gasteiger charge is -2.10. The van der Waals surface area contributed by atoms with Gasteiger partial charge in [-0.1, -0.05) is 0 Å². The smallest absolute Gasteiger partial charge is 0.435 e. The quantitative estimate of drug-likeness (QED) is 0.616. The van der Waals surface area contributed by atoms with Gasteiger partial charge in [0, 0.05) is 16.9 Å². The highest BCUT2D eigenvalue weighted by molar-refractivity contribution is 6.04. The first-order chi connectivity index (χ1) is 13.7. The van der Waals surface area contributed by atoms with Crippen molar-refractivity contribution in [2.75, 3.05) is 12.4 Å². The summed E-state index contributed by atoms with van der Waals surface area (Å²) in [5, 5.41) is 8.98. The van der Waals surface area contributed by atoms with E-state index in [1.807, 2.05) is 0 Å². The molecule has 0 spiro atoms. The van der Waals surface area contributed by atoms with E-state index in [1.165, 1.54) is 32.2 Å². The monoisotopic (exact) mass is 404 g/mol. The maximum absolute atomic E-state index is 12.9. The van der Waals surface area contributed by atoms with Gasteiger partial charge in [0.1, 0.15) is 11.4 Å². The maximum Gasteiger partial charge on any atom is 0.435 e. The molecule has 0 bridgehead atoms. The maximum atomic E-state index is 12.9.